The molecular formula is C23H23N5O2S. The number of fused-ring (bicyclic) bond motifs is 4. The summed E-state index contributed by atoms with van der Waals surface area (Å²) < 4.78 is 3.39. The van der Waals surface area contributed by atoms with Gasteiger partial charge in [-0.3, -0.25) is 14.2 Å². The number of carbonyl (C=O) groups excluding carboxylic acids is 1. The standard InChI is InChI=1S/C23H23N5O2S/c1-14-7-8-17-19(9-14)31-22-21(17)23(30)28(13-24-22)12-20(29)26-25-10-15-11-27(2)18-6-4-3-5-16(15)18/h3-6,10-11,13-14H,7-9,12H2,1-2H3,(H,26,29). The Hall–Kier alpha value is -3.26. The molecule has 3 aromatic heterocycles. The molecule has 0 spiro atoms. The molecule has 1 atom stereocenters. The quantitative estimate of drug-likeness (QED) is 0.396. The molecule has 1 aliphatic rings. The lowest BCUT2D eigenvalue weighted by molar-refractivity contribution is -0.121. The lowest BCUT2D eigenvalue weighted by Crippen LogP contribution is -2.30. The Morgan fingerprint density at radius 3 is 3.10 bits per heavy atom. The van der Waals surface area contributed by atoms with Crippen molar-refractivity contribution in [1.82, 2.24) is 19.5 Å². The summed E-state index contributed by atoms with van der Waals surface area (Å²) >= 11 is 1.61. The fourth-order valence-corrected chi connectivity index (χ4v) is 5.66. The van der Waals surface area contributed by atoms with E-state index in [9.17, 15) is 9.59 Å². The van der Waals surface area contributed by atoms with Crippen molar-refractivity contribution in [2.75, 3.05) is 0 Å². The summed E-state index contributed by atoms with van der Waals surface area (Å²) in [5, 5.41) is 5.83. The van der Waals surface area contributed by atoms with Crippen LogP contribution in [0.4, 0.5) is 0 Å². The van der Waals surface area contributed by atoms with Gasteiger partial charge >= 0.3 is 0 Å². The van der Waals surface area contributed by atoms with Gasteiger partial charge in [-0.25, -0.2) is 10.4 Å². The molecule has 1 aliphatic carbocycles. The maximum atomic E-state index is 13.0. The van der Waals surface area contributed by atoms with Crippen molar-refractivity contribution >= 4 is 44.6 Å². The Bertz CT molecular complexity index is 1390. The van der Waals surface area contributed by atoms with Gasteiger partial charge in [0.15, 0.2) is 0 Å². The summed E-state index contributed by atoms with van der Waals surface area (Å²) in [5.74, 6) is 0.269. The Labute approximate surface area is 183 Å². The predicted molar refractivity (Wildman–Crippen MR) is 124 cm³/mol. The summed E-state index contributed by atoms with van der Waals surface area (Å²) in [6.45, 7) is 2.12. The fraction of sp³-hybridized carbons (Fsp3) is 0.304. The van der Waals surface area contributed by atoms with Crippen LogP contribution in [0, 0.1) is 5.92 Å². The van der Waals surface area contributed by atoms with Crippen LogP contribution in [0.1, 0.15) is 29.3 Å². The average molecular weight is 434 g/mol. The van der Waals surface area contributed by atoms with Crippen LogP contribution in [0.5, 0.6) is 0 Å². The number of aromatic nitrogens is 3. The van der Waals surface area contributed by atoms with Crippen LogP contribution >= 0.6 is 11.3 Å². The minimum absolute atomic E-state index is 0.115. The molecule has 0 fully saturated rings. The van der Waals surface area contributed by atoms with Gasteiger partial charge in [-0.05, 0) is 36.8 Å². The van der Waals surface area contributed by atoms with Gasteiger partial charge < -0.3 is 4.57 Å². The first kappa shape index (κ1) is 19.7. The lowest BCUT2D eigenvalue weighted by atomic mass is 9.89. The van der Waals surface area contributed by atoms with Crippen molar-refractivity contribution in [3.8, 4) is 0 Å². The van der Waals surface area contributed by atoms with Gasteiger partial charge in [0, 0.05) is 34.6 Å². The maximum Gasteiger partial charge on any atom is 0.262 e. The van der Waals surface area contributed by atoms with Crippen LogP contribution in [0.15, 0.2) is 46.7 Å². The van der Waals surface area contributed by atoms with E-state index >= 15 is 0 Å². The van der Waals surface area contributed by atoms with E-state index in [0.717, 1.165) is 46.1 Å². The number of amides is 1. The molecule has 7 nitrogen and oxygen atoms in total. The first-order chi connectivity index (χ1) is 15.0. The number of benzene rings is 1. The Balaban J connectivity index is 1.34. The molecular weight excluding hydrogens is 410 g/mol. The molecule has 1 N–H and O–H groups in total. The van der Waals surface area contributed by atoms with Gasteiger partial charge in [0.25, 0.3) is 11.5 Å². The van der Waals surface area contributed by atoms with E-state index in [0.29, 0.717) is 11.3 Å². The number of hydrogen-bond donors (Lipinski definition) is 1. The first-order valence-electron chi connectivity index (χ1n) is 10.4. The summed E-state index contributed by atoms with van der Waals surface area (Å²) in [4.78, 5) is 31.9. The molecule has 5 rings (SSSR count). The van der Waals surface area contributed by atoms with Gasteiger partial charge in [0.1, 0.15) is 11.4 Å². The number of hydrazone groups is 1. The van der Waals surface area contributed by atoms with Crippen molar-refractivity contribution < 1.29 is 4.79 Å². The number of rotatable bonds is 4. The number of nitrogens with zero attached hydrogens (tertiary/aromatic N) is 4. The van der Waals surface area contributed by atoms with Crippen molar-refractivity contribution in [2.24, 2.45) is 18.1 Å². The summed E-state index contributed by atoms with van der Waals surface area (Å²) in [7, 11) is 1.97. The summed E-state index contributed by atoms with van der Waals surface area (Å²) in [5.41, 5.74) is 5.51. The Kier molecular flexibility index (Phi) is 4.94. The van der Waals surface area contributed by atoms with E-state index in [2.05, 4.69) is 22.4 Å². The van der Waals surface area contributed by atoms with Gasteiger partial charge in [0.05, 0.1) is 17.9 Å². The van der Waals surface area contributed by atoms with Gasteiger partial charge in [-0.2, -0.15) is 5.10 Å². The molecule has 0 saturated heterocycles. The highest BCUT2D eigenvalue weighted by atomic mass is 32.1. The zero-order chi connectivity index (χ0) is 21.5. The largest absolute Gasteiger partial charge is 0.350 e. The topological polar surface area (TPSA) is 81.3 Å². The number of aryl methyl sites for hydroxylation is 2. The molecule has 0 radical (unpaired) electrons. The molecule has 1 unspecified atom stereocenters. The number of nitrogens with one attached hydrogen (secondary N) is 1. The van der Waals surface area contributed by atoms with Crippen molar-refractivity contribution in [2.45, 2.75) is 32.7 Å². The number of thiophene rings is 1. The molecule has 8 heteroatoms. The van der Waals surface area contributed by atoms with Gasteiger partial charge in [-0.15, -0.1) is 11.3 Å². The Morgan fingerprint density at radius 2 is 2.23 bits per heavy atom. The molecule has 0 aliphatic heterocycles. The monoisotopic (exact) mass is 433 g/mol. The number of hydrogen-bond acceptors (Lipinski definition) is 5. The molecule has 0 saturated carbocycles. The predicted octanol–water partition coefficient (Wildman–Crippen LogP) is 3.22. The second kappa shape index (κ2) is 7.77. The highest BCUT2D eigenvalue weighted by Gasteiger charge is 2.23. The molecule has 1 aromatic carbocycles. The lowest BCUT2D eigenvalue weighted by Gasteiger charge is -2.17. The number of carbonyl (C=O) groups is 1. The number of para-hydroxylation sites is 1. The van der Waals surface area contributed by atoms with Crippen LogP contribution in [0.25, 0.3) is 21.1 Å². The van der Waals surface area contributed by atoms with Crippen LogP contribution < -0.4 is 11.0 Å². The molecule has 4 aromatic rings. The highest BCUT2D eigenvalue weighted by Crippen LogP contribution is 2.35. The summed E-state index contributed by atoms with van der Waals surface area (Å²) in [6, 6.07) is 8.00. The van der Waals surface area contributed by atoms with Crippen molar-refractivity contribution in [1.29, 1.82) is 0 Å². The van der Waals surface area contributed by atoms with E-state index in [-0.39, 0.29) is 18.0 Å². The minimum Gasteiger partial charge on any atom is -0.350 e. The van der Waals surface area contributed by atoms with E-state index in [1.165, 1.54) is 15.8 Å². The SMILES string of the molecule is CC1CCc2c(sc3ncn(CC(=O)NN=Cc4cn(C)c5ccccc45)c(=O)c23)C1. The Morgan fingerprint density at radius 1 is 1.39 bits per heavy atom. The van der Waals surface area contributed by atoms with E-state index < -0.39 is 0 Å². The van der Waals surface area contributed by atoms with E-state index in [4.69, 9.17) is 0 Å². The smallest absolute Gasteiger partial charge is 0.262 e. The molecule has 3 heterocycles. The van der Waals surface area contributed by atoms with Crippen molar-refractivity contribution in [3.05, 3.63) is 63.1 Å². The highest BCUT2D eigenvalue weighted by molar-refractivity contribution is 7.18. The van der Waals surface area contributed by atoms with E-state index in [1.54, 1.807) is 17.6 Å². The van der Waals surface area contributed by atoms with E-state index in [1.807, 2.05) is 42.1 Å². The molecule has 31 heavy (non-hydrogen) atoms. The zero-order valence-corrected chi connectivity index (χ0v) is 18.3. The normalized spacial score (nSPS) is 16.3. The zero-order valence-electron chi connectivity index (χ0n) is 17.5. The molecule has 0 bridgehead atoms. The molecule has 1 amide bonds. The maximum absolute atomic E-state index is 13.0. The fourth-order valence-electron chi connectivity index (χ4n) is 4.32. The second-order valence-electron chi connectivity index (χ2n) is 8.22. The van der Waals surface area contributed by atoms with Gasteiger partial charge in [0.2, 0.25) is 0 Å². The van der Waals surface area contributed by atoms with Crippen molar-refractivity contribution in [3.63, 3.8) is 0 Å². The third kappa shape index (κ3) is 3.57. The average Bonchev–Trinajstić information content (AvgIpc) is 3.28. The van der Waals surface area contributed by atoms with Gasteiger partial charge in [-0.1, -0.05) is 25.1 Å². The third-order valence-electron chi connectivity index (χ3n) is 5.92. The molecule has 158 valence electrons. The summed E-state index contributed by atoms with van der Waals surface area (Å²) in [6.07, 6.45) is 8.03. The second-order valence-corrected chi connectivity index (χ2v) is 9.30. The minimum atomic E-state index is -0.363. The van der Waals surface area contributed by atoms with Crippen LogP contribution in [-0.2, 0) is 31.2 Å². The van der Waals surface area contributed by atoms with Crippen LogP contribution in [-0.4, -0.2) is 26.2 Å². The third-order valence-corrected chi connectivity index (χ3v) is 7.08. The van der Waals surface area contributed by atoms with Crippen LogP contribution in [0.2, 0.25) is 0 Å². The first-order valence-corrected chi connectivity index (χ1v) is 11.2. The van der Waals surface area contributed by atoms with Crippen LogP contribution in [0.3, 0.4) is 0 Å².